The van der Waals surface area contributed by atoms with Gasteiger partial charge in [0.15, 0.2) is 0 Å². The third-order valence-corrected chi connectivity index (χ3v) is 11.8. The number of carbonyl (C=O) groups excluding carboxylic acids is 7. The summed E-state index contributed by atoms with van der Waals surface area (Å²) < 4.78 is 0. The van der Waals surface area contributed by atoms with Crippen LogP contribution in [0, 0.1) is 5.92 Å². The Morgan fingerprint density at radius 3 is 1.95 bits per heavy atom. The molecule has 1 heterocycles. The van der Waals surface area contributed by atoms with Crippen LogP contribution in [0.5, 0.6) is 0 Å². The molecule has 17 nitrogen and oxygen atoms in total. The van der Waals surface area contributed by atoms with Crippen LogP contribution in [-0.4, -0.2) is 119 Å². The van der Waals surface area contributed by atoms with Crippen molar-refractivity contribution in [2.45, 2.75) is 115 Å². The molecule has 0 aromatic heterocycles. The van der Waals surface area contributed by atoms with E-state index >= 15 is 0 Å². The fourth-order valence-electron chi connectivity index (χ4n) is 7.80. The van der Waals surface area contributed by atoms with Gasteiger partial charge in [0.1, 0.15) is 36.3 Å². The Morgan fingerprint density at radius 2 is 1.38 bits per heavy atom. The highest BCUT2D eigenvalue weighted by molar-refractivity contribution is 5.98. The SMILES string of the molecule is CC[C@@H](C)[C@@H]1NC(=O)[C@H](NC(=O)N[C@H](Cc2ccccc2)C(=O)O)CCCCNC(=O)[C@H](Cc2ccccc2)NC(=O)[C@H](CC(N)=O)N(C)C(=O)[C@@H](CCc2ccccc2)N(CC)C1=O. The summed E-state index contributed by atoms with van der Waals surface area (Å²) in [6.45, 7) is 5.42. The fraction of sp³-hybridized carbons (Fsp3) is 0.458. The molecule has 7 atom stereocenters. The van der Waals surface area contributed by atoms with Crippen molar-refractivity contribution in [3.63, 3.8) is 0 Å². The number of rotatable bonds is 15. The number of hydrogen-bond acceptors (Lipinski definition) is 8. The van der Waals surface area contributed by atoms with Gasteiger partial charge in [0.2, 0.25) is 35.4 Å². The standard InChI is InChI=1S/C48H64N8O9/c1-5-31(3)41-46(62)56(6-2)38(26-25-32-18-10-7-11-19-32)45(61)55(4)39(30-40(49)57)44(60)51-36(28-33-20-12-8-13-21-33)42(58)50-27-17-16-24-35(43(59)54-41)52-48(65)53-37(47(63)64)29-34-22-14-9-15-23-34/h7-15,18-23,31,35-39,41H,5-6,16-17,24-30H2,1-4H3,(H2,49,57)(H,50,58)(H,51,60)(H,54,59)(H,63,64)(H2,52,53,65)/t31-,35-,36+,37-,38-,39+,41+/m1/s1. The average Bonchev–Trinajstić information content (AvgIpc) is 3.29. The predicted octanol–water partition coefficient (Wildman–Crippen LogP) is 2.46. The van der Waals surface area contributed by atoms with Crippen LogP contribution in [0.3, 0.4) is 0 Å². The molecule has 0 unspecified atom stereocenters. The van der Waals surface area contributed by atoms with Crippen LogP contribution in [0.4, 0.5) is 4.79 Å². The van der Waals surface area contributed by atoms with Gasteiger partial charge >= 0.3 is 12.0 Å². The molecule has 17 heteroatoms. The maximum Gasteiger partial charge on any atom is 0.326 e. The first kappa shape index (κ1) is 50.9. The summed E-state index contributed by atoms with van der Waals surface area (Å²) in [4.78, 5) is 113. The van der Waals surface area contributed by atoms with Crippen molar-refractivity contribution in [3.8, 4) is 0 Å². The molecule has 8 amide bonds. The van der Waals surface area contributed by atoms with Gasteiger partial charge in [-0.3, -0.25) is 28.8 Å². The number of carboxylic acid groups (broad SMARTS) is 1. The van der Waals surface area contributed by atoms with Crippen LogP contribution in [0.1, 0.15) is 76.0 Å². The zero-order valence-corrected chi connectivity index (χ0v) is 37.7. The van der Waals surface area contributed by atoms with Gasteiger partial charge in [-0.05, 0) is 61.6 Å². The largest absolute Gasteiger partial charge is 0.480 e. The number of urea groups is 1. The molecule has 0 aliphatic carbocycles. The Balaban J connectivity index is 1.76. The lowest BCUT2D eigenvalue weighted by Gasteiger charge is -2.38. The first-order chi connectivity index (χ1) is 31.1. The number of carboxylic acids is 1. The van der Waals surface area contributed by atoms with Crippen LogP contribution < -0.4 is 32.3 Å². The average molecular weight is 897 g/mol. The smallest absolute Gasteiger partial charge is 0.326 e. The Hall–Kier alpha value is -6.78. The van der Waals surface area contributed by atoms with E-state index in [0.29, 0.717) is 24.8 Å². The predicted molar refractivity (Wildman–Crippen MR) is 244 cm³/mol. The van der Waals surface area contributed by atoms with Crippen molar-refractivity contribution in [1.82, 2.24) is 36.4 Å². The number of benzene rings is 3. The van der Waals surface area contributed by atoms with E-state index in [-0.39, 0.29) is 45.2 Å². The number of carbonyl (C=O) groups is 8. The topological polar surface area (TPSA) is 249 Å². The normalized spacial score (nSPS) is 21.6. The van der Waals surface area contributed by atoms with Gasteiger partial charge in [0, 0.05) is 33.0 Å². The molecule has 0 spiro atoms. The number of amides is 8. The number of primary amides is 1. The van der Waals surface area contributed by atoms with E-state index in [2.05, 4.69) is 26.6 Å². The molecule has 1 saturated heterocycles. The minimum atomic E-state index is -1.46. The molecule has 3 aromatic rings. The van der Waals surface area contributed by atoms with Crippen molar-refractivity contribution >= 4 is 47.4 Å². The van der Waals surface area contributed by atoms with Gasteiger partial charge in [-0.25, -0.2) is 9.59 Å². The maximum atomic E-state index is 14.9. The quantitative estimate of drug-likeness (QED) is 0.118. The molecule has 3 aromatic carbocycles. The lowest BCUT2D eigenvalue weighted by molar-refractivity contribution is -0.151. The number of aliphatic carboxylic acids is 1. The van der Waals surface area contributed by atoms with Crippen molar-refractivity contribution in [2.24, 2.45) is 11.7 Å². The minimum Gasteiger partial charge on any atom is -0.480 e. The molecule has 0 bridgehead atoms. The van der Waals surface area contributed by atoms with Crippen LogP contribution in [-0.2, 0) is 52.8 Å². The van der Waals surface area contributed by atoms with E-state index in [1.54, 1.807) is 68.4 Å². The lowest BCUT2D eigenvalue weighted by Crippen LogP contribution is -2.62. The number of nitrogens with zero attached hydrogens (tertiary/aromatic N) is 2. The molecule has 1 fully saturated rings. The van der Waals surface area contributed by atoms with Crippen molar-refractivity contribution < 1.29 is 43.5 Å². The number of nitrogens with two attached hydrogens (primary N) is 1. The second-order valence-corrected chi connectivity index (χ2v) is 16.5. The highest BCUT2D eigenvalue weighted by Crippen LogP contribution is 2.21. The molecule has 4 rings (SSSR count). The molecule has 0 radical (unpaired) electrons. The van der Waals surface area contributed by atoms with Crippen molar-refractivity contribution in [2.75, 3.05) is 20.1 Å². The highest BCUT2D eigenvalue weighted by Gasteiger charge is 2.41. The Labute approximate surface area is 380 Å². The Bertz CT molecular complexity index is 2070. The van der Waals surface area contributed by atoms with Gasteiger partial charge in [-0.2, -0.15) is 0 Å². The first-order valence-corrected chi connectivity index (χ1v) is 22.3. The molecular weight excluding hydrogens is 833 g/mol. The molecule has 350 valence electrons. The molecule has 65 heavy (non-hydrogen) atoms. The van der Waals surface area contributed by atoms with Gasteiger partial charge < -0.3 is 47.2 Å². The Morgan fingerprint density at radius 1 is 0.785 bits per heavy atom. The number of nitrogens with one attached hydrogen (secondary N) is 5. The van der Waals surface area contributed by atoms with E-state index < -0.39 is 96.0 Å². The van der Waals surface area contributed by atoms with Crippen LogP contribution in [0.15, 0.2) is 91.0 Å². The van der Waals surface area contributed by atoms with E-state index in [1.807, 2.05) is 43.3 Å². The van der Waals surface area contributed by atoms with Crippen molar-refractivity contribution in [1.29, 1.82) is 0 Å². The zero-order valence-electron chi connectivity index (χ0n) is 37.7. The minimum absolute atomic E-state index is 0.00868. The number of aryl methyl sites for hydroxylation is 1. The van der Waals surface area contributed by atoms with Crippen LogP contribution in [0.2, 0.25) is 0 Å². The van der Waals surface area contributed by atoms with Gasteiger partial charge in [-0.1, -0.05) is 111 Å². The van der Waals surface area contributed by atoms with Gasteiger partial charge in [-0.15, -0.1) is 0 Å². The summed E-state index contributed by atoms with van der Waals surface area (Å²) in [6, 6.07) is 18.5. The monoisotopic (exact) mass is 896 g/mol. The third-order valence-electron chi connectivity index (χ3n) is 11.8. The third kappa shape index (κ3) is 15.5. The van der Waals surface area contributed by atoms with Crippen molar-refractivity contribution in [3.05, 3.63) is 108 Å². The van der Waals surface area contributed by atoms with Crippen LogP contribution >= 0.6 is 0 Å². The van der Waals surface area contributed by atoms with E-state index in [4.69, 9.17) is 5.73 Å². The van der Waals surface area contributed by atoms with E-state index in [0.717, 1.165) is 16.0 Å². The van der Waals surface area contributed by atoms with E-state index in [1.165, 1.54) is 11.9 Å². The summed E-state index contributed by atoms with van der Waals surface area (Å²) in [5.74, 6) is -5.94. The second-order valence-electron chi connectivity index (χ2n) is 16.5. The summed E-state index contributed by atoms with van der Waals surface area (Å²) in [5.41, 5.74) is 7.93. The highest BCUT2D eigenvalue weighted by atomic mass is 16.4. The lowest BCUT2D eigenvalue weighted by atomic mass is 9.95. The summed E-state index contributed by atoms with van der Waals surface area (Å²) in [7, 11) is 1.35. The van der Waals surface area contributed by atoms with Gasteiger partial charge in [0.25, 0.3) is 0 Å². The summed E-state index contributed by atoms with van der Waals surface area (Å²) in [5, 5.41) is 23.5. The van der Waals surface area contributed by atoms with Gasteiger partial charge in [0.05, 0.1) is 6.42 Å². The Kier molecular flexibility index (Phi) is 20.0. The fourth-order valence-corrected chi connectivity index (χ4v) is 7.80. The second kappa shape index (κ2) is 25.5. The molecule has 0 saturated carbocycles. The number of hydrogen-bond donors (Lipinski definition) is 7. The molecule has 1 aliphatic heterocycles. The molecule has 8 N–H and O–H groups in total. The molecular formula is C48H64N8O9. The zero-order chi connectivity index (χ0) is 47.5. The van der Waals surface area contributed by atoms with Crippen LogP contribution in [0.25, 0.3) is 0 Å². The van der Waals surface area contributed by atoms with E-state index in [9.17, 15) is 43.5 Å². The first-order valence-electron chi connectivity index (χ1n) is 22.3. The summed E-state index contributed by atoms with van der Waals surface area (Å²) >= 11 is 0. The number of likely N-dealkylation sites (N-methyl/N-ethyl adjacent to an activating group) is 2. The molecule has 1 aliphatic rings. The summed E-state index contributed by atoms with van der Waals surface area (Å²) in [6.07, 6.45) is 0.964. The maximum absolute atomic E-state index is 14.9.